The van der Waals surface area contributed by atoms with E-state index in [2.05, 4.69) is 252 Å². The Balaban J connectivity index is 1.22. The van der Waals surface area contributed by atoms with Crippen LogP contribution in [0.4, 0.5) is 34.1 Å². The zero-order valence-electron chi connectivity index (χ0n) is 32.3. The molecule has 276 valence electrons. The minimum Gasteiger partial charge on any atom is -0.310 e. The minimum absolute atomic E-state index is 1.07. The van der Waals surface area contributed by atoms with E-state index in [1.807, 2.05) is 0 Å². The van der Waals surface area contributed by atoms with E-state index in [-0.39, 0.29) is 0 Å². The summed E-state index contributed by atoms with van der Waals surface area (Å²) in [7, 11) is 0. The number of hydrogen-bond acceptors (Lipinski definition) is 2. The SMILES string of the molecule is Cc1c(-c2cc(N(c3ccccc3)c3ccccc3)cc(N(c3ccccc3)c3ccccc3)c2)cccc1-c1cccc2c1c1ccccc1n2-c1ccccc1. The molecule has 0 unspecified atom stereocenters. The molecule has 0 aliphatic carbocycles. The van der Waals surface area contributed by atoms with Gasteiger partial charge in [0.05, 0.1) is 11.0 Å². The van der Waals surface area contributed by atoms with Crippen LogP contribution in [0.25, 0.3) is 49.7 Å². The summed E-state index contributed by atoms with van der Waals surface area (Å²) in [5, 5.41) is 2.50. The van der Waals surface area contributed by atoms with Crippen LogP contribution in [0.3, 0.4) is 0 Å². The topological polar surface area (TPSA) is 11.4 Å². The summed E-state index contributed by atoms with van der Waals surface area (Å²) in [6.45, 7) is 2.28. The highest BCUT2D eigenvalue weighted by Gasteiger charge is 2.22. The van der Waals surface area contributed by atoms with Crippen LogP contribution in [0.15, 0.2) is 231 Å². The summed E-state index contributed by atoms with van der Waals surface area (Å²) in [4.78, 5) is 4.72. The predicted molar refractivity (Wildman–Crippen MR) is 246 cm³/mol. The summed E-state index contributed by atoms with van der Waals surface area (Å²) >= 11 is 0. The van der Waals surface area contributed by atoms with Crippen molar-refractivity contribution in [1.29, 1.82) is 0 Å². The summed E-state index contributed by atoms with van der Waals surface area (Å²) in [6.07, 6.45) is 0. The Morgan fingerprint density at radius 1 is 0.328 bits per heavy atom. The first kappa shape index (κ1) is 34.8. The normalized spacial score (nSPS) is 11.2. The highest BCUT2D eigenvalue weighted by molar-refractivity contribution is 6.16. The average Bonchev–Trinajstić information content (AvgIpc) is 3.63. The molecule has 3 heteroatoms. The second-order valence-corrected chi connectivity index (χ2v) is 14.6. The number of nitrogens with zero attached hydrogens (tertiary/aromatic N) is 3. The van der Waals surface area contributed by atoms with E-state index in [1.54, 1.807) is 0 Å². The van der Waals surface area contributed by atoms with Gasteiger partial charge in [0.25, 0.3) is 0 Å². The molecule has 0 aliphatic rings. The van der Waals surface area contributed by atoms with Gasteiger partial charge in [-0.25, -0.2) is 0 Å². The molecule has 10 rings (SSSR count). The molecule has 0 bridgehead atoms. The number of anilines is 6. The molecule has 0 atom stereocenters. The van der Waals surface area contributed by atoms with Crippen molar-refractivity contribution >= 4 is 55.9 Å². The molecule has 1 heterocycles. The maximum absolute atomic E-state index is 2.40. The van der Waals surface area contributed by atoms with Crippen molar-refractivity contribution in [2.24, 2.45) is 0 Å². The van der Waals surface area contributed by atoms with Gasteiger partial charge in [0.15, 0.2) is 0 Å². The van der Waals surface area contributed by atoms with Gasteiger partial charge in [-0.3, -0.25) is 0 Å². The molecule has 58 heavy (non-hydrogen) atoms. The van der Waals surface area contributed by atoms with Crippen molar-refractivity contribution in [3.63, 3.8) is 0 Å². The van der Waals surface area contributed by atoms with Gasteiger partial charge >= 0.3 is 0 Å². The van der Waals surface area contributed by atoms with Crippen molar-refractivity contribution < 1.29 is 0 Å². The number of aromatic nitrogens is 1. The van der Waals surface area contributed by atoms with Gasteiger partial charge in [-0.1, -0.05) is 140 Å². The fourth-order valence-corrected chi connectivity index (χ4v) is 8.55. The average molecular weight is 744 g/mol. The predicted octanol–water partition coefficient (Wildman–Crippen LogP) is 15.4. The minimum atomic E-state index is 1.07. The quantitative estimate of drug-likeness (QED) is 0.146. The van der Waals surface area contributed by atoms with Gasteiger partial charge in [-0.2, -0.15) is 0 Å². The molecule has 0 amide bonds. The Bertz CT molecular complexity index is 2810. The van der Waals surface area contributed by atoms with Crippen LogP contribution in [-0.2, 0) is 0 Å². The van der Waals surface area contributed by atoms with Crippen molar-refractivity contribution in [2.75, 3.05) is 9.80 Å². The maximum atomic E-state index is 2.40. The third-order valence-corrected chi connectivity index (χ3v) is 11.1. The van der Waals surface area contributed by atoms with Gasteiger partial charge in [0.2, 0.25) is 0 Å². The zero-order valence-corrected chi connectivity index (χ0v) is 32.3. The Morgan fingerprint density at radius 2 is 0.741 bits per heavy atom. The van der Waals surface area contributed by atoms with Crippen LogP contribution < -0.4 is 9.80 Å². The fraction of sp³-hybridized carbons (Fsp3) is 0.0182. The molecular weight excluding hydrogens is 703 g/mol. The highest BCUT2D eigenvalue weighted by Crippen LogP contribution is 2.45. The Hall–Kier alpha value is -7.62. The van der Waals surface area contributed by atoms with E-state index in [4.69, 9.17) is 0 Å². The molecule has 3 nitrogen and oxygen atoms in total. The van der Waals surface area contributed by atoms with Crippen LogP contribution in [0.2, 0.25) is 0 Å². The summed E-state index contributed by atoms with van der Waals surface area (Å²) in [5.41, 5.74) is 16.1. The standard InChI is InChI=1S/C55H41N3/c1-40-49(32-19-33-50(40)51-34-20-36-54-55(51)52-31-17-18-35-53(52)58(54)46-29-15-6-16-30-46)41-37-47(56(42-21-7-2-8-22-42)43-23-9-3-10-24-43)39-48(38-41)57(44-25-11-4-12-26-44)45-27-13-5-14-28-45/h2-39H,1H3. The third kappa shape index (κ3) is 6.29. The smallest absolute Gasteiger partial charge is 0.0547 e. The number of para-hydroxylation sites is 6. The number of rotatable bonds is 9. The molecule has 0 radical (unpaired) electrons. The van der Waals surface area contributed by atoms with Crippen molar-refractivity contribution in [2.45, 2.75) is 6.92 Å². The number of benzene rings is 9. The number of fused-ring (bicyclic) bond motifs is 3. The summed E-state index contributed by atoms with van der Waals surface area (Å²) < 4.78 is 2.40. The van der Waals surface area contributed by atoms with Crippen LogP contribution in [0.1, 0.15) is 5.56 Å². The van der Waals surface area contributed by atoms with E-state index in [0.29, 0.717) is 0 Å². The molecular formula is C55H41N3. The first-order valence-corrected chi connectivity index (χ1v) is 19.9. The van der Waals surface area contributed by atoms with Gasteiger partial charge in [0.1, 0.15) is 0 Å². The van der Waals surface area contributed by atoms with E-state index in [9.17, 15) is 0 Å². The van der Waals surface area contributed by atoms with Crippen LogP contribution in [-0.4, -0.2) is 4.57 Å². The maximum Gasteiger partial charge on any atom is 0.0547 e. The Labute approximate surface area is 339 Å². The van der Waals surface area contributed by atoms with E-state index >= 15 is 0 Å². The molecule has 0 fully saturated rings. The first-order valence-electron chi connectivity index (χ1n) is 19.9. The monoisotopic (exact) mass is 743 g/mol. The van der Waals surface area contributed by atoms with E-state index in [0.717, 1.165) is 45.4 Å². The van der Waals surface area contributed by atoms with Crippen molar-refractivity contribution in [3.8, 4) is 27.9 Å². The van der Waals surface area contributed by atoms with Crippen LogP contribution in [0.5, 0.6) is 0 Å². The Morgan fingerprint density at radius 3 is 1.28 bits per heavy atom. The number of hydrogen-bond donors (Lipinski definition) is 0. The lowest BCUT2D eigenvalue weighted by Gasteiger charge is -2.30. The molecule has 0 saturated carbocycles. The molecule has 0 N–H and O–H groups in total. The third-order valence-electron chi connectivity index (χ3n) is 11.1. The Kier molecular flexibility index (Phi) is 9.09. The zero-order chi connectivity index (χ0) is 38.8. The van der Waals surface area contributed by atoms with Crippen LogP contribution in [0, 0.1) is 6.92 Å². The first-order chi connectivity index (χ1) is 28.7. The lowest BCUT2D eigenvalue weighted by Crippen LogP contribution is -2.13. The summed E-state index contributed by atoms with van der Waals surface area (Å²) in [5.74, 6) is 0. The van der Waals surface area contributed by atoms with Crippen molar-refractivity contribution in [1.82, 2.24) is 4.57 Å². The molecule has 0 spiro atoms. The lowest BCUT2D eigenvalue weighted by molar-refractivity contribution is 1.18. The van der Waals surface area contributed by atoms with E-state index in [1.165, 1.54) is 44.1 Å². The fourth-order valence-electron chi connectivity index (χ4n) is 8.55. The van der Waals surface area contributed by atoms with Gasteiger partial charge in [0, 0.05) is 50.6 Å². The highest BCUT2D eigenvalue weighted by atomic mass is 15.2. The summed E-state index contributed by atoms with van der Waals surface area (Å²) in [6, 6.07) is 82.7. The van der Waals surface area contributed by atoms with Crippen molar-refractivity contribution in [3.05, 3.63) is 236 Å². The molecule has 10 aromatic rings. The second-order valence-electron chi connectivity index (χ2n) is 14.6. The largest absolute Gasteiger partial charge is 0.310 e. The second kappa shape index (κ2) is 15.1. The molecule has 0 saturated heterocycles. The van der Waals surface area contributed by atoms with E-state index < -0.39 is 0 Å². The lowest BCUT2D eigenvalue weighted by atomic mass is 9.90. The molecule has 1 aromatic heterocycles. The van der Waals surface area contributed by atoms with Gasteiger partial charge in [-0.05, 0) is 126 Å². The van der Waals surface area contributed by atoms with Crippen LogP contribution >= 0.6 is 0 Å². The van der Waals surface area contributed by atoms with Gasteiger partial charge in [-0.15, -0.1) is 0 Å². The molecule has 0 aliphatic heterocycles. The van der Waals surface area contributed by atoms with Gasteiger partial charge < -0.3 is 14.4 Å². The molecule has 9 aromatic carbocycles.